The second kappa shape index (κ2) is 6.75. The maximum Gasteiger partial charge on any atom is 0.319 e. The Morgan fingerprint density at radius 2 is 1.87 bits per heavy atom. The molecular formula is C19H24N2OS. The van der Waals surface area contributed by atoms with Crippen LogP contribution in [-0.4, -0.2) is 12.6 Å². The fraction of sp³-hybridized carbons (Fsp3) is 0.421. The molecule has 1 heterocycles. The van der Waals surface area contributed by atoms with E-state index in [4.69, 9.17) is 0 Å². The molecule has 1 aromatic heterocycles. The molecule has 1 aromatic carbocycles. The molecule has 1 fully saturated rings. The molecule has 0 atom stereocenters. The van der Waals surface area contributed by atoms with Crippen molar-refractivity contribution in [3.8, 4) is 0 Å². The maximum absolute atomic E-state index is 12.3. The van der Waals surface area contributed by atoms with Gasteiger partial charge in [-0.1, -0.05) is 18.9 Å². The average Bonchev–Trinajstić information content (AvgIpc) is 3.16. The highest BCUT2D eigenvalue weighted by Gasteiger charge is 2.36. The third-order valence-corrected chi connectivity index (χ3v) is 5.44. The van der Waals surface area contributed by atoms with Gasteiger partial charge in [0.05, 0.1) is 0 Å². The summed E-state index contributed by atoms with van der Waals surface area (Å²) >= 11 is 1.74. The standard InChI is InChI=1S/C19H24N2OS/c1-14-9-15(2)11-17(10-14)21-18(22)20-13-19(6-3-4-7-19)16-5-8-23-12-16/h5,8-12H,3-4,6-7,13H2,1-2H3,(H2,20,21,22). The average molecular weight is 328 g/mol. The number of benzene rings is 1. The van der Waals surface area contributed by atoms with E-state index < -0.39 is 0 Å². The first-order valence-electron chi connectivity index (χ1n) is 8.23. The van der Waals surface area contributed by atoms with Gasteiger partial charge in [0.1, 0.15) is 0 Å². The Hall–Kier alpha value is -1.81. The van der Waals surface area contributed by atoms with E-state index in [1.807, 2.05) is 26.0 Å². The zero-order valence-electron chi connectivity index (χ0n) is 13.8. The number of carbonyl (C=O) groups excluding carboxylic acids is 1. The molecule has 122 valence electrons. The first kappa shape index (κ1) is 16.1. The third kappa shape index (κ3) is 3.75. The zero-order valence-corrected chi connectivity index (χ0v) is 14.6. The van der Waals surface area contributed by atoms with Crippen molar-refractivity contribution in [1.29, 1.82) is 0 Å². The summed E-state index contributed by atoms with van der Waals surface area (Å²) < 4.78 is 0. The van der Waals surface area contributed by atoms with Crippen LogP contribution in [0.1, 0.15) is 42.4 Å². The lowest BCUT2D eigenvalue weighted by Crippen LogP contribution is -2.40. The van der Waals surface area contributed by atoms with Crippen LogP contribution in [0.25, 0.3) is 0 Å². The van der Waals surface area contributed by atoms with E-state index in [0.29, 0.717) is 6.54 Å². The molecule has 0 aliphatic heterocycles. The van der Waals surface area contributed by atoms with Gasteiger partial charge in [-0.3, -0.25) is 0 Å². The Bertz CT molecular complexity index is 652. The van der Waals surface area contributed by atoms with Crippen LogP contribution in [0.4, 0.5) is 10.5 Å². The van der Waals surface area contributed by atoms with Crippen LogP contribution in [-0.2, 0) is 5.41 Å². The molecule has 1 saturated carbocycles. The van der Waals surface area contributed by atoms with Gasteiger partial charge in [0.2, 0.25) is 0 Å². The molecule has 3 rings (SSSR count). The fourth-order valence-electron chi connectivity index (χ4n) is 3.66. The summed E-state index contributed by atoms with van der Waals surface area (Å²) in [7, 11) is 0. The van der Waals surface area contributed by atoms with Crippen LogP contribution in [0.2, 0.25) is 0 Å². The van der Waals surface area contributed by atoms with Crippen molar-refractivity contribution in [3.05, 3.63) is 51.7 Å². The van der Waals surface area contributed by atoms with Crippen LogP contribution in [0.3, 0.4) is 0 Å². The van der Waals surface area contributed by atoms with E-state index >= 15 is 0 Å². The van der Waals surface area contributed by atoms with Crippen molar-refractivity contribution in [1.82, 2.24) is 5.32 Å². The molecule has 2 N–H and O–H groups in total. The van der Waals surface area contributed by atoms with Gasteiger partial charge < -0.3 is 10.6 Å². The van der Waals surface area contributed by atoms with Gasteiger partial charge in [-0.15, -0.1) is 0 Å². The maximum atomic E-state index is 12.3. The number of rotatable bonds is 4. The minimum Gasteiger partial charge on any atom is -0.337 e. The van der Waals surface area contributed by atoms with Gasteiger partial charge in [-0.2, -0.15) is 11.3 Å². The highest BCUT2D eigenvalue weighted by molar-refractivity contribution is 7.08. The number of hydrogen-bond donors (Lipinski definition) is 2. The summed E-state index contributed by atoms with van der Waals surface area (Å²) in [4.78, 5) is 12.3. The first-order chi connectivity index (χ1) is 11.1. The molecule has 2 amide bonds. The van der Waals surface area contributed by atoms with Gasteiger partial charge in [-0.05, 0) is 72.3 Å². The van der Waals surface area contributed by atoms with Crippen LogP contribution in [0, 0.1) is 13.8 Å². The molecule has 0 saturated heterocycles. The van der Waals surface area contributed by atoms with Crippen molar-refractivity contribution in [3.63, 3.8) is 0 Å². The van der Waals surface area contributed by atoms with E-state index in [1.165, 1.54) is 18.4 Å². The Balaban J connectivity index is 1.63. The van der Waals surface area contributed by atoms with Crippen molar-refractivity contribution in [2.24, 2.45) is 0 Å². The predicted octanol–water partition coefficient (Wildman–Crippen LogP) is 5.00. The molecule has 23 heavy (non-hydrogen) atoms. The minimum atomic E-state index is -0.114. The summed E-state index contributed by atoms with van der Waals surface area (Å²) in [6, 6.07) is 8.19. The Labute approximate surface area is 142 Å². The largest absolute Gasteiger partial charge is 0.337 e. The minimum absolute atomic E-state index is 0.114. The topological polar surface area (TPSA) is 41.1 Å². The monoisotopic (exact) mass is 328 g/mol. The van der Waals surface area contributed by atoms with Crippen LogP contribution in [0.15, 0.2) is 35.0 Å². The van der Waals surface area contributed by atoms with Gasteiger partial charge in [0, 0.05) is 17.6 Å². The van der Waals surface area contributed by atoms with Crippen LogP contribution in [0.5, 0.6) is 0 Å². The number of hydrogen-bond acceptors (Lipinski definition) is 2. The van der Waals surface area contributed by atoms with E-state index in [9.17, 15) is 4.79 Å². The first-order valence-corrected chi connectivity index (χ1v) is 9.18. The molecule has 0 spiro atoms. The van der Waals surface area contributed by atoms with Crippen LogP contribution < -0.4 is 10.6 Å². The van der Waals surface area contributed by atoms with Crippen LogP contribution >= 0.6 is 11.3 Å². The fourth-order valence-corrected chi connectivity index (χ4v) is 4.44. The smallest absolute Gasteiger partial charge is 0.319 e. The lowest BCUT2D eigenvalue weighted by atomic mass is 9.80. The number of nitrogens with one attached hydrogen (secondary N) is 2. The van der Waals surface area contributed by atoms with Crippen molar-refractivity contribution in [2.45, 2.75) is 44.9 Å². The second-order valence-corrected chi connectivity index (χ2v) is 7.46. The highest BCUT2D eigenvalue weighted by atomic mass is 32.1. The molecule has 0 unspecified atom stereocenters. The summed E-state index contributed by atoms with van der Waals surface area (Å²) in [5.74, 6) is 0. The summed E-state index contributed by atoms with van der Waals surface area (Å²) in [6.45, 7) is 4.79. The number of anilines is 1. The Kier molecular flexibility index (Phi) is 4.71. The molecular weight excluding hydrogens is 304 g/mol. The SMILES string of the molecule is Cc1cc(C)cc(NC(=O)NCC2(c3ccsc3)CCCC2)c1. The second-order valence-electron chi connectivity index (χ2n) is 6.68. The van der Waals surface area contributed by atoms with E-state index in [1.54, 1.807) is 11.3 Å². The lowest BCUT2D eigenvalue weighted by Gasteiger charge is -2.28. The number of urea groups is 1. The van der Waals surface area contributed by atoms with Gasteiger partial charge in [-0.25, -0.2) is 4.79 Å². The van der Waals surface area contributed by atoms with E-state index in [-0.39, 0.29) is 11.4 Å². The number of amides is 2. The van der Waals surface area contributed by atoms with Gasteiger partial charge >= 0.3 is 6.03 Å². The Morgan fingerprint density at radius 3 is 2.48 bits per heavy atom. The molecule has 4 heteroatoms. The summed E-state index contributed by atoms with van der Waals surface area (Å²) in [6.07, 6.45) is 4.81. The van der Waals surface area contributed by atoms with Gasteiger partial charge in [0.15, 0.2) is 0 Å². The van der Waals surface area contributed by atoms with E-state index in [2.05, 4.69) is 33.5 Å². The molecule has 0 bridgehead atoms. The lowest BCUT2D eigenvalue weighted by molar-refractivity contribution is 0.248. The normalized spacial score (nSPS) is 16.3. The Morgan fingerprint density at radius 1 is 1.17 bits per heavy atom. The highest BCUT2D eigenvalue weighted by Crippen LogP contribution is 2.41. The van der Waals surface area contributed by atoms with Crippen molar-refractivity contribution >= 4 is 23.1 Å². The number of aryl methyl sites for hydroxylation is 2. The summed E-state index contributed by atoms with van der Waals surface area (Å²) in [5, 5.41) is 10.4. The molecule has 2 aromatic rings. The number of carbonyl (C=O) groups is 1. The molecule has 3 nitrogen and oxygen atoms in total. The van der Waals surface area contributed by atoms with Crippen molar-refractivity contribution < 1.29 is 4.79 Å². The van der Waals surface area contributed by atoms with Crippen molar-refractivity contribution in [2.75, 3.05) is 11.9 Å². The number of thiophene rings is 1. The van der Waals surface area contributed by atoms with Gasteiger partial charge in [0.25, 0.3) is 0 Å². The predicted molar refractivity (Wildman–Crippen MR) is 97.4 cm³/mol. The van der Waals surface area contributed by atoms with E-state index in [0.717, 1.165) is 29.7 Å². The molecule has 0 radical (unpaired) electrons. The zero-order chi connectivity index (χ0) is 16.3. The third-order valence-electron chi connectivity index (χ3n) is 4.76. The summed E-state index contributed by atoms with van der Waals surface area (Å²) in [5.41, 5.74) is 4.68. The quantitative estimate of drug-likeness (QED) is 0.815. The molecule has 1 aliphatic rings. The molecule has 1 aliphatic carbocycles.